The zero-order valence-electron chi connectivity index (χ0n) is 10.2. The Morgan fingerprint density at radius 2 is 2.40 bits per heavy atom. The van der Waals surface area contributed by atoms with Gasteiger partial charge in [0.05, 0.1) is 6.21 Å². The van der Waals surface area contributed by atoms with Crippen molar-refractivity contribution in [1.82, 2.24) is 20.6 Å². The SMILES string of the molecule is Nc1n[nH]c(C(=O)NN=Cc2cccc3c2OCO3)n1. The number of nitrogen functional groups attached to an aromatic ring is 1. The summed E-state index contributed by atoms with van der Waals surface area (Å²) in [6.45, 7) is 0.171. The van der Waals surface area contributed by atoms with Crippen LogP contribution in [-0.2, 0) is 0 Å². The number of rotatable bonds is 3. The molecule has 1 aromatic carbocycles. The molecule has 102 valence electrons. The average molecular weight is 274 g/mol. The van der Waals surface area contributed by atoms with Crippen LogP contribution >= 0.6 is 0 Å². The van der Waals surface area contributed by atoms with Gasteiger partial charge in [-0.15, -0.1) is 5.10 Å². The first-order valence-corrected chi connectivity index (χ1v) is 5.64. The highest BCUT2D eigenvalue weighted by atomic mass is 16.7. The molecular weight excluding hydrogens is 264 g/mol. The first-order valence-electron chi connectivity index (χ1n) is 5.64. The van der Waals surface area contributed by atoms with E-state index in [0.29, 0.717) is 17.1 Å². The molecule has 0 saturated carbocycles. The number of nitrogens with two attached hydrogens (primary N) is 1. The molecule has 0 spiro atoms. The van der Waals surface area contributed by atoms with Crippen LogP contribution in [0.25, 0.3) is 0 Å². The minimum absolute atomic E-state index is 0.00874. The van der Waals surface area contributed by atoms with E-state index < -0.39 is 5.91 Å². The summed E-state index contributed by atoms with van der Waals surface area (Å²) in [6.07, 6.45) is 1.45. The quantitative estimate of drug-likeness (QED) is 0.529. The molecule has 4 N–H and O–H groups in total. The Hall–Kier alpha value is -3.10. The summed E-state index contributed by atoms with van der Waals surface area (Å²) >= 11 is 0. The molecule has 9 nitrogen and oxygen atoms in total. The van der Waals surface area contributed by atoms with E-state index in [0.717, 1.165) is 0 Å². The van der Waals surface area contributed by atoms with Crippen molar-refractivity contribution in [3.8, 4) is 11.5 Å². The van der Waals surface area contributed by atoms with Gasteiger partial charge in [0.15, 0.2) is 11.5 Å². The minimum Gasteiger partial charge on any atom is -0.454 e. The van der Waals surface area contributed by atoms with E-state index in [4.69, 9.17) is 15.2 Å². The molecule has 3 rings (SSSR count). The van der Waals surface area contributed by atoms with Gasteiger partial charge in [-0.1, -0.05) is 6.07 Å². The number of hydrogen-bond acceptors (Lipinski definition) is 7. The molecule has 0 saturated heterocycles. The van der Waals surface area contributed by atoms with Crippen molar-refractivity contribution >= 4 is 18.1 Å². The largest absolute Gasteiger partial charge is 0.454 e. The number of nitrogens with zero attached hydrogens (tertiary/aromatic N) is 3. The van der Waals surface area contributed by atoms with E-state index in [2.05, 4.69) is 25.7 Å². The summed E-state index contributed by atoms with van der Waals surface area (Å²) < 4.78 is 10.5. The number of aromatic amines is 1. The van der Waals surface area contributed by atoms with Crippen LogP contribution in [0, 0.1) is 0 Å². The monoisotopic (exact) mass is 274 g/mol. The molecule has 0 unspecified atom stereocenters. The van der Waals surface area contributed by atoms with Gasteiger partial charge < -0.3 is 15.2 Å². The van der Waals surface area contributed by atoms with Crippen molar-refractivity contribution in [3.63, 3.8) is 0 Å². The Morgan fingerprint density at radius 3 is 3.20 bits per heavy atom. The fourth-order valence-corrected chi connectivity index (χ4v) is 1.64. The number of carbonyl (C=O) groups is 1. The maximum absolute atomic E-state index is 11.6. The number of amides is 1. The third-order valence-corrected chi connectivity index (χ3v) is 2.51. The number of nitrogens with one attached hydrogen (secondary N) is 2. The van der Waals surface area contributed by atoms with E-state index >= 15 is 0 Å². The number of anilines is 1. The molecule has 1 aliphatic rings. The predicted molar refractivity (Wildman–Crippen MR) is 68.4 cm³/mol. The molecule has 0 fully saturated rings. The molecule has 0 atom stereocenters. The fourth-order valence-electron chi connectivity index (χ4n) is 1.64. The van der Waals surface area contributed by atoms with Crippen LogP contribution in [-0.4, -0.2) is 34.1 Å². The molecule has 2 aromatic rings. The standard InChI is InChI=1S/C11H10N6O3/c12-11-14-9(15-17-11)10(18)16-13-4-6-2-1-3-7-8(6)20-5-19-7/h1-4H,5H2,(H,16,18)(H3,12,14,15,17). The van der Waals surface area contributed by atoms with Gasteiger partial charge in [0.25, 0.3) is 0 Å². The summed E-state index contributed by atoms with van der Waals surface area (Å²) in [5.74, 6) is 0.663. The second-order valence-corrected chi connectivity index (χ2v) is 3.82. The Morgan fingerprint density at radius 1 is 1.50 bits per heavy atom. The lowest BCUT2D eigenvalue weighted by Gasteiger charge is -1.99. The Kier molecular flexibility index (Phi) is 2.92. The van der Waals surface area contributed by atoms with E-state index in [-0.39, 0.29) is 18.6 Å². The molecule has 9 heteroatoms. The molecule has 0 radical (unpaired) electrons. The van der Waals surface area contributed by atoms with Crippen molar-refractivity contribution in [2.75, 3.05) is 12.5 Å². The maximum atomic E-state index is 11.6. The second-order valence-electron chi connectivity index (χ2n) is 3.82. The van der Waals surface area contributed by atoms with Gasteiger partial charge in [-0.3, -0.25) is 9.89 Å². The van der Waals surface area contributed by atoms with Crippen LogP contribution in [0.4, 0.5) is 5.95 Å². The first-order chi connectivity index (χ1) is 9.74. The van der Waals surface area contributed by atoms with E-state index in [1.54, 1.807) is 18.2 Å². The molecule has 2 heterocycles. The van der Waals surface area contributed by atoms with Crippen LogP contribution in [0.5, 0.6) is 11.5 Å². The summed E-state index contributed by atoms with van der Waals surface area (Å²) in [6, 6.07) is 5.37. The van der Waals surface area contributed by atoms with Gasteiger partial charge in [0.2, 0.25) is 18.6 Å². The number of fused-ring (bicyclic) bond motifs is 1. The molecule has 1 aromatic heterocycles. The van der Waals surface area contributed by atoms with Crippen molar-refractivity contribution in [1.29, 1.82) is 0 Å². The van der Waals surface area contributed by atoms with Gasteiger partial charge in [0, 0.05) is 5.56 Å². The number of aromatic nitrogens is 3. The molecule has 1 aliphatic heterocycles. The summed E-state index contributed by atoms with van der Waals surface area (Å²) in [4.78, 5) is 15.3. The van der Waals surface area contributed by atoms with Crippen molar-refractivity contribution in [2.45, 2.75) is 0 Å². The number of benzene rings is 1. The molecule has 1 amide bonds. The van der Waals surface area contributed by atoms with Crippen LogP contribution in [0.3, 0.4) is 0 Å². The van der Waals surface area contributed by atoms with Gasteiger partial charge in [-0.2, -0.15) is 10.1 Å². The predicted octanol–water partition coefficient (Wildman–Crippen LogP) is -0.121. The van der Waals surface area contributed by atoms with Crippen LogP contribution in [0.2, 0.25) is 0 Å². The first kappa shape index (κ1) is 12.0. The number of H-pyrrole nitrogens is 1. The van der Waals surface area contributed by atoms with Gasteiger partial charge in [-0.05, 0) is 12.1 Å². The smallest absolute Gasteiger partial charge is 0.308 e. The number of ether oxygens (including phenoxy) is 2. The van der Waals surface area contributed by atoms with E-state index in [1.165, 1.54) is 6.21 Å². The van der Waals surface area contributed by atoms with Gasteiger partial charge >= 0.3 is 5.91 Å². The zero-order valence-corrected chi connectivity index (χ0v) is 10.2. The summed E-state index contributed by atoms with van der Waals surface area (Å²) in [5.41, 5.74) is 8.28. The third-order valence-electron chi connectivity index (χ3n) is 2.51. The zero-order chi connectivity index (χ0) is 13.9. The van der Waals surface area contributed by atoms with Crippen molar-refractivity contribution in [2.24, 2.45) is 5.10 Å². The highest BCUT2D eigenvalue weighted by molar-refractivity contribution is 5.92. The highest BCUT2D eigenvalue weighted by Gasteiger charge is 2.16. The topological polar surface area (TPSA) is 128 Å². The third kappa shape index (κ3) is 2.23. The lowest BCUT2D eigenvalue weighted by Crippen LogP contribution is -2.19. The maximum Gasteiger partial charge on any atom is 0.308 e. The number of para-hydroxylation sites is 1. The average Bonchev–Trinajstić information content (AvgIpc) is 3.07. The normalized spacial score (nSPS) is 12.8. The number of hydrazone groups is 1. The molecule has 20 heavy (non-hydrogen) atoms. The minimum atomic E-state index is -0.546. The lowest BCUT2D eigenvalue weighted by atomic mass is 10.2. The summed E-state index contributed by atoms with van der Waals surface area (Å²) in [5, 5.41) is 9.74. The van der Waals surface area contributed by atoms with Crippen LogP contribution in [0.15, 0.2) is 23.3 Å². The Balaban J connectivity index is 1.69. The van der Waals surface area contributed by atoms with Crippen molar-refractivity contribution in [3.05, 3.63) is 29.6 Å². The molecule has 0 aliphatic carbocycles. The second kappa shape index (κ2) is 4.88. The Labute approximate surface area is 112 Å². The van der Waals surface area contributed by atoms with E-state index in [1.807, 2.05) is 0 Å². The lowest BCUT2D eigenvalue weighted by molar-refractivity contribution is 0.0945. The van der Waals surface area contributed by atoms with E-state index in [9.17, 15) is 4.79 Å². The summed E-state index contributed by atoms with van der Waals surface area (Å²) in [7, 11) is 0. The number of carbonyl (C=O) groups excluding carboxylic acids is 1. The Bertz CT molecular complexity index is 681. The molecule has 0 bridgehead atoms. The fraction of sp³-hybridized carbons (Fsp3) is 0.0909. The van der Waals surface area contributed by atoms with Crippen molar-refractivity contribution < 1.29 is 14.3 Å². The van der Waals surface area contributed by atoms with Crippen LogP contribution < -0.4 is 20.6 Å². The van der Waals surface area contributed by atoms with Gasteiger partial charge in [0.1, 0.15) is 0 Å². The van der Waals surface area contributed by atoms with Gasteiger partial charge in [-0.25, -0.2) is 5.43 Å². The van der Waals surface area contributed by atoms with Crippen LogP contribution in [0.1, 0.15) is 16.2 Å². The number of hydrogen-bond donors (Lipinski definition) is 3. The molecular formula is C11H10N6O3. The highest BCUT2D eigenvalue weighted by Crippen LogP contribution is 2.34.